The average molecular weight is 177 g/mol. The Morgan fingerprint density at radius 3 is 2.31 bits per heavy atom. The largest absolute Gasteiger partial charge is 0.378 e. The van der Waals surface area contributed by atoms with Crippen molar-refractivity contribution in [1.29, 1.82) is 0 Å². The molecular formula is C11H15NO. The molecule has 1 unspecified atom stereocenters. The number of aliphatic hydroxyl groups is 1. The first kappa shape index (κ1) is 8.73. The lowest BCUT2D eigenvalue weighted by Gasteiger charge is -2.20. The van der Waals surface area contributed by atoms with E-state index in [0.717, 1.165) is 19.5 Å². The second-order valence-corrected chi connectivity index (χ2v) is 3.56. The zero-order chi connectivity index (χ0) is 9.26. The van der Waals surface area contributed by atoms with Crippen LogP contribution in [0.2, 0.25) is 0 Å². The summed E-state index contributed by atoms with van der Waals surface area (Å²) < 4.78 is 0. The fourth-order valence-electron chi connectivity index (χ4n) is 1.83. The van der Waals surface area contributed by atoms with Gasteiger partial charge in [0.15, 0.2) is 0 Å². The molecule has 1 N–H and O–H groups in total. The van der Waals surface area contributed by atoms with E-state index in [1.807, 2.05) is 6.92 Å². The normalized spacial score (nSPS) is 18.6. The van der Waals surface area contributed by atoms with Crippen molar-refractivity contribution >= 4 is 0 Å². The molecule has 1 aliphatic rings. The summed E-state index contributed by atoms with van der Waals surface area (Å²) in [7, 11) is 0. The van der Waals surface area contributed by atoms with Gasteiger partial charge in [-0.3, -0.25) is 4.90 Å². The minimum absolute atomic E-state index is 0.285. The van der Waals surface area contributed by atoms with Crippen LogP contribution in [-0.2, 0) is 13.1 Å². The fraction of sp³-hybridized carbons (Fsp3) is 0.455. The van der Waals surface area contributed by atoms with Gasteiger partial charge in [-0.2, -0.15) is 0 Å². The molecule has 1 atom stereocenters. The average Bonchev–Trinajstić information content (AvgIpc) is 2.59. The predicted molar refractivity (Wildman–Crippen MR) is 52.0 cm³/mol. The van der Waals surface area contributed by atoms with E-state index in [4.69, 9.17) is 0 Å². The Hall–Kier alpha value is -0.860. The summed E-state index contributed by atoms with van der Waals surface area (Å²) in [5.74, 6) is 0. The molecule has 2 nitrogen and oxygen atoms in total. The third-order valence-electron chi connectivity index (χ3n) is 2.65. The number of nitrogens with zero attached hydrogens (tertiary/aromatic N) is 1. The van der Waals surface area contributed by atoms with Crippen LogP contribution >= 0.6 is 0 Å². The lowest BCUT2D eigenvalue weighted by atomic mass is 10.1. The number of fused-ring (bicyclic) bond motifs is 1. The van der Waals surface area contributed by atoms with Gasteiger partial charge in [0.05, 0.1) is 0 Å². The molecule has 0 bridgehead atoms. The third kappa shape index (κ3) is 1.60. The van der Waals surface area contributed by atoms with Crippen LogP contribution in [0.25, 0.3) is 0 Å². The van der Waals surface area contributed by atoms with E-state index < -0.39 is 0 Å². The second kappa shape index (κ2) is 3.48. The second-order valence-electron chi connectivity index (χ2n) is 3.56. The van der Waals surface area contributed by atoms with Crippen LogP contribution in [-0.4, -0.2) is 16.2 Å². The molecule has 0 saturated heterocycles. The minimum Gasteiger partial charge on any atom is -0.378 e. The van der Waals surface area contributed by atoms with Gasteiger partial charge in [-0.15, -0.1) is 0 Å². The monoisotopic (exact) mass is 177 g/mol. The fourth-order valence-corrected chi connectivity index (χ4v) is 1.83. The van der Waals surface area contributed by atoms with Crippen LogP contribution in [0.15, 0.2) is 24.3 Å². The van der Waals surface area contributed by atoms with Crippen molar-refractivity contribution in [2.24, 2.45) is 0 Å². The van der Waals surface area contributed by atoms with Gasteiger partial charge in [-0.1, -0.05) is 31.2 Å². The van der Waals surface area contributed by atoms with Crippen LogP contribution in [0.5, 0.6) is 0 Å². The molecule has 2 heteroatoms. The summed E-state index contributed by atoms with van der Waals surface area (Å²) >= 11 is 0. The summed E-state index contributed by atoms with van der Waals surface area (Å²) in [6, 6.07) is 8.39. The maximum atomic E-state index is 9.66. The van der Waals surface area contributed by atoms with Gasteiger partial charge in [-0.05, 0) is 17.5 Å². The molecule has 0 amide bonds. The molecule has 1 aromatic rings. The maximum absolute atomic E-state index is 9.66. The Labute approximate surface area is 78.8 Å². The Morgan fingerprint density at radius 1 is 1.31 bits per heavy atom. The molecule has 1 heterocycles. The minimum atomic E-state index is -0.285. The van der Waals surface area contributed by atoms with Gasteiger partial charge < -0.3 is 5.11 Å². The predicted octanol–water partition coefficient (Wildman–Crippen LogP) is 1.73. The van der Waals surface area contributed by atoms with Crippen LogP contribution in [0.1, 0.15) is 24.5 Å². The van der Waals surface area contributed by atoms with Crippen LogP contribution in [0.3, 0.4) is 0 Å². The zero-order valence-electron chi connectivity index (χ0n) is 7.90. The number of hydrogen-bond donors (Lipinski definition) is 1. The Morgan fingerprint density at radius 2 is 1.85 bits per heavy atom. The van der Waals surface area contributed by atoms with Crippen molar-refractivity contribution in [2.45, 2.75) is 32.7 Å². The van der Waals surface area contributed by atoms with Crippen molar-refractivity contribution in [3.05, 3.63) is 35.4 Å². The summed E-state index contributed by atoms with van der Waals surface area (Å²) in [6.07, 6.45) is 0.515. The smallest absolute Gasteiger partial charge is 0.107 e. The van der Waals surface area contributed by atoms with E-state index in [2.05, 4.69) is 29.2 Å². The summed E-state index contributed by atoms with van der Waals surface area (Å²) in [4.78, 5) is 2.10. The summed E-state index contributed by atoms with van der Waals surface area (Å²) in [5, 5.41) is 9.66. The molecule has 1 aliphatic heterocycles. The lowest BCUT2D eigenvalue weighted by molar-refractivity contribution is -0.00205. The Bertz CT molecular complexity index is 273. The molecule has 0 radical (unpaired) electrons. The molecule has 0 aliphatic carbocycles. The van der Waals surface area contributed by atoms with Crippen molar-refractivity contribution in [3.63, 3.8) is 0 Å². The molecule has 0 aromatic heterocycles. The number of benzene rings is 1. The summed E-state index contributed by atoms with van der Waals surface area (Å²) in [5.41, 5.74) is 2.71. The van der Waals surface area contributed by atoms with Gasteiger partial charge >= 0.3 is 0 Å². The van der Waals surface area contributed by atoms with Crippen LogP contribution in [0.4, 0.5) is 0 Å². The first-order valence-electron chi connectivity index (χ1n) is 4.80. The van der Waals surface area contributed by atoms with Crippen LogP contribution in [0, 0.1) is 0 Å². The quantitative estimate of drug-likeness (QED) is 0.743. The molecule has 0 saturated carbocycles. The molecule has 1 aromatic carbocycles. The highest BCUT2D eigenvalue weighted by Gasteiger charge is 2.22. The van der Waals surface area contributed by atoms with E-state index in [1.165, 1.54) is 11.1 Å². The summed E-state index contributed by atoms with van der Waals surface area (Å²) in [6.45, 7) is 3.80. The van der Waals surface area contributed by atoms with Crippen molar-refractivity contribution in [3.8, 4) is 0 Å². The number of aliphatic hydroxyl groups excluding tert-OH is 1. The number of rotatable bonds is 2. The van der Waals surface area contributed by atoms with Crippen molar-refractivity contribution in [2.75, 3.05) is 0 Å². The van der Waals surface area contributed by atoms with Gasteiger partial charge in [0, 0.05) is 13.1 Å². The Kier molecular flexibility index (Phi) is 2.34. The van der Waals surface area contributed by atoms with Gasteiger partial charge in [0.2, 0.25) is 0 Å². The third-order valence-corrected chi connectivity index (χ3v) is 2.65. The lowest BCUT2D eigenvalue weighted by Crippen LogP contribution is -2.29. The van der Waals surface area contributed by atoms with Crippen molar-refractivity contribution in [1.82, 2.24) is 4.90 Å². The van der Waals surface area contributed by atoms with Gasteiger partial charge in [0.1, 0.15) is 6.23 Å². The molecule has 70 valence electrons. The first-order chi connectivity index (χ1) is 6.31. The highest BCUT2D eigenvalue weighted by molar-refractivity contribution is 5.30. The SMILES string of the molecule is CCC(O)N1Cc2ccccc2C1. The standard InChI is InChI=1S/C11H15NO/c1-2-11(13)12-7-9-5-3-4-6-10(9)8-12/h3-6,11,13H,2,7-8H2,1H3. The highest BCUT2D eigenvalue weighted by Crippen LogP contribution is 2.23. The van der Waals surface area contributed by atoms with E-state index in [1.54, 1.807) is 0 Å². The maximum Gasteiger partial charge on any atom is 0.107 e. The van der Waals surface area contributed by atoms with E-state index in [-0.39, 0.29) is 6.23 Å². The Balaban J connectivity index is 2.14. The van der Waals surface area contributed by atoms with Gasteiger partial charge in [-0.25, -0.2) is 0 Å². The van der Waals surface area contributed by atoms with E-state index in [9.17, 15) is 5.11 Å². The van der Waals surface area contributed by atoms with E-state index >= 15 is 0 Å². The van der Waals surface area contributed by atoms with E-state index in [0.29, 0.717) is 0 Å². The molecule has 0 fully saturated rings. The first-order valence-corrected chi connectivity index (χ1v) is 4.80. The number of hydrogen-bond acceptors (Lipinski definition) is 2. The topological polar surface area (TPSA) is 23.5 Å². The van der Waals surface area contributed by atoms with Crippen molar-refractivity contribution < 1.29 is 5.11 Å². The molecule has 2 rings (SSSR count). The molecule has 0 spiro atoms. The van der Waals surface area contributed by atoms with Crippen LogP contribution < -0.4 is 0 Å². The molecule has 13 heavy (non-hydrogen) atoms. The highest BCUT2D eigenvalue weighted by atomic mass is 16.3. The van der Waals surface area contributed by atoms with Gasteiger partial charge in [0.25, 0.3) is 0 Å². The molecular weight excluding hydrogens is 162 g/mol. The zero-order valence-corrected chi connectivity index (χ0v) is 7.90.